The van der Waals surface area contributed by atoms with E-state index in [1.54, 1.807) is 61.3 Å². The molecule has 1 N–H and O–H groups in total. The summed E-state index contributed by atoms with van der Waals surface area (Å²) in [6.45, 7) is 0. The van der Waals surface area contributed by atoms with Gasteiger partial charge in [-0.2, -0.15) is 0 Å². The van der Waals surface area contributed by atoms with Crippen LogP contribution in [0.1, 0.15) is 0 Å². The monoisotopic (exact) mass is 403 g/mol. The van der Waals surface area contributed by atoms with Gasteiger partial charge in [0.05, 0.1) is 29.8 Å². The number of aromatic nitrogens is 2. The Kier molecular flexibility index (Phi) is 5.93. The number of hydrogen-bond acceptors (Lipinski definition) is 4. The van der Waals surface area contributed by atoms with Gasteiger partial charge < -0.3 is 14.6 Å². The number of halogens is 1. The SMILES string of the molecule is COc1ccc(NC(=O)C[S@@](=O)c2ncc(-c3ccc(Cl)cc3)n2C)cc1. The number of nitrogens with one attached hydrogen (secondary N) is 1. The molecule has 140 valence electrons. The topological polar surface area (TPSA) is 73.2 Å². The first kappa shape index (κ1) is 19.1. The van der Waals surface area contributed by atoms with Gasteiger partial charge in [0.1, 0.15) is 11.5 Å². The predicted octanol–water partition coefficient (Wildman–Crippen LogP) is 3.50. The smallest absolute Gasteiger partial charge is 0.237 e. The van der Waals surface area contributed by atoms with Gasteiger partial charge in [0.15, 0.2) is 5.16 Å². The molecule has 27 heavy (non-hydrogen) atoms. The quantitative estimate of drug-likeness (QED) is 0.683. The third-order valence-electron chi connectivity index (χ3n) is 3.93. The van der Waals surface area contributed by atoms with Gasteiger partial charge in [-0.05, 0) is 42.0 Å². The molecule has 3 aromatic rings. The summed E-state index contributed by atoms with van der Waals surface area (Å²) >= 11 is 5.91. The van der Waals surface area contributed by atoms with Crippen molar-refractivity contribution in [3.05, 3.63) is 59.8 Å². The molecule has 6 nitrogen and oxygen atoms in total. The number of benzene rings is 2. The molecule has 1 atom stereocenters. The van der Waals surface area contributed by atoms with Crippen LogP contribution in [0.3, 0.4) is 0 Å². The Hall–Kier alpha value is -2.64. The molecule has 1 heterocycles. The predicted molar refractivity (Wildman–Crippen MR) is 107 cm³/mol. The van der Waals surface area contributed by atoms with Gasteiger partial charge in [0.2, 0.25) is 5.91 Å². The van der Waals surface area contributed by atoms with Crippen LogP contribution >= 0.6 is 11.6 Å². The maximum Gasteiger partial charge on any atom is 0.237 e. The maximum absolute atomic E-state index is 12.6. The highest BCUT2D eigenvalue weighted by atomic mass is 35.5. The number of methoxy groups -OCH3 is 1. The van der Waals surface area contributed by atoms with Crippen LogP contribution < -0.4 is 10.1 Å². The average Bonchev–Trinajstić information content (AvgIpc) is 3.04. The van der Waals surface area contributed by atoms with E-state index in [2.05, 4.69) is 10.3 Å². The Labute approximate surface area is 164 Å². The molecule has 0 aliphatic rings. The van der Waals surface area contributed by atoms with E-state index in [9.17, 15) is 9.00 Å². The number of carbonyl (C=O) groups is 1. The number of hydrogen-bond donors (Lipinski definition) is 1. The van der Waals surface area contributed by atoms with Gasteiger partial charge in [-0.3, -0.25) is 9.00 Å². The van der Waals surface area contributed by atoms with E-state index in [-0.39, 0.29) is 11.7 Å². The van der Waals surface area contributed by atoms with E-state index in [1.165, 1.54) is 0 Å². The fraction of sp³-hybridized carbons (Fsp3) is 0.158. The van der Waals surface area contributed by atoms with E-state index < -0.39 is 10.8 Å². The molecule has 0 saturated heterocycles. The fourth-order valence-electron chi connectivity index (χ4n) is 2.55. The number of imidazole rings is 1. The van der Waals surface area contributed by atoms with E-state index in [0.717, 1.165) is 11.3 Å². The van der Waals surface area contributed by atoms with Crippen LogP contribution in [0.25, 0.3) is 11.3 Å². The highest BCUT2D eigenvalue weighted by molar-refractivity contribution is 7.85. The number of nitrogens with zero attached hydrogens (tertiary/aromatic N) is 2. The number of rotatable bonds is 6. The Bertz CT molecular complexity index is 969. The zero-order chi connectivity index (χ0) is 19.4. The van der Waals surface area contributed by atoms with Gasteiger partial charge >= 0.3 is 0 Å². The van der Waals surface area contributed by atoms with E-state index in [0.29, 0.717) is 21.6 Å². The average molecular weight is 404 g/mol. The molecule has 8 heteroatoms. The molecule has 1 aromatic heterocycles. The lowest BCUT2D eigenvalue weighted by molar-refractivity contribution is -0.113. The van der Waals surface area contributed by atoms with Crippen molar-refractivity contribution >= 4 is 34.0 Å². The number of ether oxygens (including phenoxy) is 1. The number of carbonyl (C=O) groups excluding carboxylic acids is 1. The standard InChI is InChI=1S/C19H18ClN3O3S/c1-23-17(13-3-5-14(20)6-4-13)11-21-19(23)27(25)12-18(24)22-15-7-9-16(26-2)10-8-15/h3-11H,12H2,1-2H3,(H,22,24)/t27-/m1/s1. The summed E-state index contributed by atoms with van der Waals surface area (Å²) in [5.74, 6) is 0.158. The molecule has 0 unspecified atom stereocenters. The Morgan fingerprint density at radius 2 is 1.85 bits per heavy atom. The van der Waals surface area contributed by atoms with Crippen LogP contribution in [-0.4, -0.2) is 32.5 Å². The lowest BCUT2D eigenvalue weighted by atomic mass is 10.2. The number of anilines is 1. The van der Waals surface area contributed by atoms with Crippen LogP contribution in [0.2, 0.25) is 5.02 Å². The summed E-state index contributed by atoms with van der Waals surface area (Å²) in [7, 11) is 1.77. The molecule has 0 radical (unpaired) electrons. The molecule has 0 aliphatic heterocycles. The van der Waals surface area contributed by atoms with Gasteiger partial charge in [0, 0.05) is 17.8 Å². The van der Waals surface area contributed by atoms with Gasteiger partial charge in [0.25, 0.3) is 0 Å². The molecule has 0 spiro atoms. The summed E-state index contributed by atoms with van der Waals surface area (Å²) in [5, 5.41) is 3.70. The zero-order valence-electron chi connectivity index (χ0n) is 14.8. The van der Waals surface area contributed by atoms with E-state index in [1.807, 2.05) is 12.1 Å². The van der Waals surface area contributed by atoms with Crippen molar-refractivity contribution in [3.8, 4) is 17.0 Å². The van der Waals surface area contributed by atoms with Crippen LogP contribution in [0, 0.1) is 0 Å². The molecule has 0 saturated carbocycles. The summed E-state index contributed by atoms with van der Waals surface area (Å²) < 4.78 is 19.4. The Morgan fingerprint density at radius 3 is 2.48 bits per heavy atom. The van der Waals surface area contributed by atoms with Crippen LogP contribution in [-0.2, 0) is 22.6 Å². The molecular weight excluding hydrogens is 386 g/mol. The normalized spacial score (nSPS) is 11.8. The summed E-state index contributed by atoms with van der Waals surface area (Å²) in [6, 6.07) is 14.2. The Balaban J connectivity index is 1.68. The highest BCUT2D eigenvalue weighted by Crippen LogP contribution is 2.23. The lowest BCUT2D eigenvalue weighted by Gasteiger charge is -2.08. The van der Waals surface area contributed by atoms with Crippen molar-refractivity contribution < 1.29 is 13.7 Å². The first-order valence-electron chi connectivity index (χ1n) is 8.08. The first-order valence-corrected chi connectivity index (χ1v) is 9.77. The van der Waals surface area contributed by atoms with Crippen molar-refractivity contribution in [1.82, 2.24) is 9.55 Å². The van der Waals surface area contributed by atoms with E-state index >= 15 is 0 Å². The largest absolute Gasteiger partial charge is 0.497 e. The lowest BCUT2D eigenvalue weighted by Crippen LogP contribution is -2.21. The van der Waals surface area contributed by atoms with Crippen LogP contribution in [0.4, 0.5) is 5.69 Å². The van der Waals surface area contributed by atoms with E-state index in [4.69, 9.17) is 16.3 Å². The summed E-state index contributed by atoms with van der Waals surface area (Å²) in [6.07, 6.45) is 1.64. The van der Waals surface area contributed by atoms with Crippen LogP contribution in [0.15, 0.2) is 59.9 Å². The minimum Gasteiger partial charge on any atom is -0.497 e. The maximum atomic E-state index is 12.6. The second-order valence-corrected chi connectivity index (χ2v) is 7.54. The van der Waals surface area contributed by atoms with Crippen molar-refractivity contribution in [2.24, 2.45) is 7.05 Å². The second kappa shape index (κ2) is 8.37. The molecule has 0 bridgehead atoms. The molecule has 0 aliphatic carbocycles. The molecular formula is C19H18ClN3O3S. The van der Waals surface area contributed by atoms with Gasteiger partial charge in [-0.15, -0.1) is 0 Å². The zero-order valence-corrected chi connectivity index (χ0v) is 16.4. The third-order valence-corrected chi connectivity index (χ3v) is 5.49. The van der Waals surface area contributed by atoms with Crippen LogP contribution in [0.5, 0.6) is 5.75 Å². The molecule has 0 fully saturated rings. The summed E-state index contributed by atoms with van der Waals surface area (Å²) in [4.78, 5) is 16.4. The van der Waals surface area contributed by atoms with Crippen molar-refractivity contribution in [2.75, 3.05) is 18.2 Å². The minimum absolute atomic E-state index is 0.184. The Morgan fingerprint density at radius 1 is 1.19 bits per heavy atom. The van der Waals surface area contributed by atoms with Crippen molar-refractivity contribution in [3.63, 3.8) is 0 Å². The highest BCUT2D eigenvalue weighted by Gasteiger charge is 2.17. The minimum atomic E-state index is -1.57. The number of amides is 1. The van der Waals surface area contributed by atoms with Crippen molar-refractivity contribution in [2.45, 2.75) is 5.16 Å². The van der Waals surface area contributed by atoms with Crippen molar-refractivity contribution in [1.29, 1.82) is 0 Å². The molecule has 2 aromatic carbocycles. The van der Waals surface area contributed by atoms with Gasteiger partial charge in [-0.1, -0.05) is 23.7 Å². The third kappa shape index (κ3) is 4.56. The van der Waals surface area contributed by atoms with Gasteiger partial charge in [-0.25, -0.2) is 4.98 Å². The summed E-state index contributed by atoms with van der Waals surface area (Å²) in [5.41, 5.74) is 2.31. The fourth-order valence-corrected chi connectivity index (χ4v) is 3.69. The molecule has 1 amide bonds. The first-order chi connectivity index (χ1) is 13.0. The second-order valence-electron chi connectivity index (χ2n) is 5.76. The molecule has 3 rings (SSSR count).